The van der Waals surface area contributed by atoms with Gasteiger partial charge in [0.2, 0.25) is 5.91 Å². The number of amides is 2. The number of aryl methyl sites for hydroxylation is 1. The van der Waals surface area contributed by atoms with E-state index in [4.69, 9.17) is 11.6 Å². The monoisotopic (exact) mass is 412 g/mol. The van der Waals surface area contributed by atoms with Crippen LogP contribution in [-0.4, -0.2) is 23.0 Å². The van der Waals surface area contributed by atoms with E-state index in [0.29, 0.717) is 16.3 Å². The van der Waals surface area contributed by atoms with E-state index in [-0.39, 0.29) is 18.2 Å². The van der Waals surface area contributed by atoms with Gasteiger partial charge in [0.25, 0.3) is 5.91 Å². The van der Waals surface area contributed by atoms with E-state index >= 15 is 0 Å². The minimum atomic E-state index is -0.299. The summed E-state index contributed by atoms with van der Waals surface area (Å²) in [5.74, 6) is -0.541. The molecule has 1 aromatic heterocycles. The van der Waals surface area contributed by atoms with Crippen molar-refractivity contribution in [2.75, 3.05) is 5.32 Å². The van der Waals surface area contributed by atoms with Crippen LogP contribution >= 0.6 is 22.9 Å². The highest BCUT2D eigenvalue weighted by Crippen LogP contribution is 2.17. The quantitative estimate of drug-likeness (QED) is 0.473. The predicted molar refractivity (Wildman–Crippen MR) is 112 cm³/mol. The molecule has 6 nitrogen and oxygen atoms in total. The maximum atomic E-state index is 12.3. The number of carbonyl (C=O) groups is 2. The number of hydrogen-bond donors (Lipinski definition) is 2. The average Bonchev–Trinajstić information content (AvgIpc) is 3.07. The number of benzene rings is 2. The number of hydrogen-bond acceptors (Lipinski definition) is 5. The molecule has 0 saturated heterocycles. The minimum absolute atomic E-state index is 0.184. The molecule has 0 bridgehead atoms. The molecule has 0 radical (unpaired) electrons. The Balaban J connectivity index is 1.58. The SMILES string of the molecule is Cc1csc(CC(=O)N/N=C\c2cccc(NC(=O)c3ccccc3Cl)c2)n1. The van der Waals surface area contributed by atoms with E-state index in [9.17, 15) is 9.59 Å². The van der Waals surface area contributed by atoms with Crippen molar-refractivity contribution in [3.8, 4) is 0 Å². The molecule has 0 atom stereocenters. The van der Waals surface area contributed by atoms with Crippen molar-refractivity contribution in [3.05, 3.63) is 80.8 Å². The topological polar surface area (TPSA) is 83.5 Å². The van der Waals surface area contributed by atoms with Gasteiger partial charge in [-0.1, -0.05) is 35.9 Å². The van der Waals surface area contributed by atoms with E-state index in [2.05, 4.69) is 20.8 Å². The number of carbonyl (C=O) groups excluding carboxylic acids is 2. The van der Waals surface area contributed by atoms with Crippen molar-refractivity contribution in [2.45, 2.75) is 13.3 Å². The highest BCUT2D eigenvalue weighted by molar-refractivity contribution is 7.09. The highest BCUT2D eigenvalue weighted by atomic mass is 35.5. The lowest BCUT2D eigenvalue weighted by atomic mass is 10.2. The molecule has 0 spiro atoms. The fraction of sp³-hybridized carbons (Fsp3) is 0.100. The van der Waals surface area contributed by atoms with Crippen LogP contribution in [0.25, 0.3) is 0 Å². The average molecular weight is 413 g/mol. The minimum Gasteiger partial charge on any atom is -0.322 e. The summed E-state index contributed by atoms with van der Waals surface area (Å²) < 4.78 is 0. The van der Waals surface area contributed by atoms with Crippen LogP contribution in [0.15, 0.2) is 59.0 Å². The summed E-state index contributed by atoms with van der Waals surface area (Å²) in [6.45, 7) is 1.88. The first-order valence-electron chi connectivity index (χ1n) is 8.40. The summed E-state index contributed by atoms with van der Waals surface area (Å²) in [5.41, 5.74) is 5.09. The predicted octanol–water partition coefficient (Wildman–Crippen LogP) is 4.05. The van der Waals surface area contributed by atoms with Gasteiger partial charge in [-0.15, -0.1) is 11.3 Å². The fourth-order valence-electron chi connectivity index (χ4n) is 2.38. The second-order valence-corrected chi connectivity index (χ2v) is 7.26. The van der Waals surface area contributed by atoms with E-state index in [1.807, 2.05) is 18.4 Å². The van der Waals surface area contributed by atoms with Crippen LogP contribution in [-0.2, 0) is 11.2 Å². The highest BCUT2D eigenvalue weighted by Gasteiger charge is 2.10. The van der Waals surface area contributed by atoms with Crippen LogP contribution in [0.3, 0.4) is 0 Å². The molecule has 142 valence electrons. The van der Waals surface area contributed by atoms with Crippen LogP contribution < -0.4 is 10.7 Å². The Morgan fingerprint density at radius 2 is 2.04 bits per heavy atom. The number of thiazole rings is 1. The van der Waals surface area contributed by atoms with Crippen LogP contribution in [0.4, 0.5) is 5.69 Å². The van der Waals surface area contributed by atoms with E-state index in [0.717, 1.165) is 16.3 Å². The van der Waals surface area contributed by atoms with Crippen molar-refractivity contribution in [2.24, 2.45) is 5.10 Å². The number of hydrazone groups is 1. The summed E-state index contributed by atoms with van der Waals surface area (Å²) in [6, 6.07) is 13.9. The van der Waals surface area contributed by atoms with Gasteiger partial charge < -0.3 is 5.32 Å². The Labute approximate surface area is 171 Å². The first-order chi connectivity index (χ1) is 13.5. The van der Waals surface area contributed by atoms with Crippen LogP contribution in [0.5, 0.6) is 0 Å². The van der Waals surface area contributed by atoms with Crippen molar-refractivity contribution in [1.29, 1.82) is 0 Å². The van der Waals surface area contributed by atoms with Gasteiger partial charge in [0.05, 0.1) is 23.2 Å². The first-order valence-corrected chi connectivity index (χ1v) is 9.66. The Bertz CT molecular complexity index is 1030. The third kappa shape index (κ3) is 5.48. The number of anilines is 1. The number of nitrogens with one attached hydrogen (secondary N) is 2. The third-order valence-electron chi connectivity index (χ3n) is 3.64. The van der Waals surface area contributed by atoms with Gasteiger partial charge in [0.15, 0.2) is 0 Å². The zero-order valence-corrected chi connectivity index (χ0v) is 16.6. The lowest BCUT2D eigenvalue weighted by Gasteiger charge is -2.07. The molecule has 0 aliphatic heterocycles. The number of nitrogens with zero attached hydrogens (tertiary/aromatic N) is 2. The number of halogens is 1. The van der Waals surface area contributed by atoms with Gasteiger partial charge in [-0.25, -0.2) is 10.4 Å². The molecule has 3 aromatic rings. The molecule has 2 amide bonds. The summed E-state index contributed by atoms with van der Waals surface area (Å²) in [6.07, 6.45) is 1.69. The molecular formula is C20H17ClN4O2S. The molecule has 0 aliphatic carbocycles. The smallest absolute Gasteiger partial charge is 0.257 e. The second kappa shape index (κ2) is 9.25. The zero-order chi connectivity index (χ0) is 19.9. The standard InChI is InChI=1S/C20H17ClN4O2S/c1-13-12-28-19(23-13)10-18(26)25-22-11-14-5-4-6-15(9-14)24-20(27)16-7-2-3-8-17(16)21/h2-9,11-12H,10H2,1H3,(H,24,27)(H,25,26)/b22-11-. The summed E-state index contributed by atoms with van der Waals surface area (Å²) in [4.78, 5) is 28.5. The maximum absolute atomic E-state index is 12.3. The van der Waals surface area contributed by atoms with Gasteiger partial charge in [0.1, 0.15) is 5.01 Å². The largest absolute Gasteiger partial charge is 0.322 e. The van der Waals surface area contributed by atoms with Crippen molar-refractivity contribution >= 4 is 46.7 Å². The van der Waals surface area contributed by atoms with Gasteiger partial charge in [0, 0.05) is 16.8 Å². The van der Waals surface area contributed by atoms with Crippen molar-refractivity contribution < 1.29 is 9.59 Å². The Hall–Kier alpha value is -3.03. The molecule has 0 unspecified atom stereocenters. The normalized spacial score (nSPS) is 10.8. The van der Waals surface area contributed by atoms with E-state index < -0.39 is 0 Å². The molecule has 28 heavy (non-hydrogen) atoms. The van der Waals surface area contributed by atoms with E-state index in [1.165, 1.54) is 17.6 Å². The number of aromatic nitrogens is 1. The van der Waals surface area contributed by atoms with Gasteiger partial charge in [-0.2, -0.15) is 5.10 Å². The van der Waals surface area contributed by atoms with E-state index in [1.54, 1.807) is 42.5 Å². The Morgan fingerprint density at radius 1 is 1.21 bits per heavy atom. The fourth-order valence-corrected chi connectivity index (χ4v) is 3.37. The third-order valence-corrected chi connectivity index (χ3v) is 4.94. The van der Waals surface area contributed by atoms with Crippen molar-refractivity contribution in [1.82, 2.24) is 10.4 Å². The lowest BCUT2D eigenvalue weighted by molar-refractivity contribution is -0.120. The van der Waals surface area contributed by atoms with Gasteiger partial charge >= 0.3 is 0 Å². The summed E-state index contributed by atoms with van der Waals surface area (Å²) in [7, 11) is 0. The number of rotatable bonds is 6. The molecule has 0 aliphatic rings. The van der Waals surface area contributed by atoms with Gasteiger partial charge in [-0.3, -0.25) is 9.59 Å². The molecule has 1 heterocycles. The summed E-state index contributed by atoms with van der Waals surface area (Å²) in [5, 5.41) is 9.78. The zero-order valence-electron chi connectivity index (χ0n) is 15.0. The van der Waals surface area contributed by atoms with Crippen LogP contribution in [0, 0.1) is 6.92 Å². The lowest BCUT2D eigenvalue weighted by Crippen LogP contribution is -2.19. The molecule has 2 N–H and O–H groups in total. The molecule has 0 saturated carbocycles. The molecule has 0 fully saturated rings. The van der Waals surface area contributed by atoms with Gasteiger partial charge in [-0.05, 0) is 36.8 Å². The molecule has 8 heteroatoms. The van der Waals surface area contributed by atoms with Crippen LogP contribution in [0.1, 0.15) is 26.6 Å². The molecular weight excluding hydrogens is 396 g/mol. The van der Waals surface area contributed by atoms with Crippen molar-refractivity contribution in [3.63, 3.8) is 0 Å². The Morgan fingerprint density at radius 3 is 2.79 bits per heavy atom. The maximum Gasteiger partial charge on any atom is 0.257 e. The first kappa shape index (κ1) is 19.7. The Kier molecular flexibility index (Phi) is 6.52. The summed E-state index contributed by atoms with van der Waals surface area (Å²) >= 11 is 7.49. The molecule has 2 aromatic carbocycles. The second-order valence-electron chi connectivity index (χ2n) is 5.91. The van der Waals surface area contributed by atoms with Crippen LogP contribution in [0.2, 0.25) is 5.02 Å². The molecule has 3 rings (SSSR count).